The number of hydrogen-bond acceptors (Lipinski definition) is 4. The molecule has 0 aliphatic carbocycles. The lowest BCUT2D eigenvalue weighted by Crippen LogP contribution is -2.24. The van der Waals surface area contributed by atoms with Gasteiger partial charge in [-0.1, -0.05) is 24.3 Å². The second kappa shape index (κ2) is 8.80. The minimum Gasteiger partial charge on any atom is -0.306 e. The van der Waals surface area contributed by atoms with Crippen molar-refractivity contribution in [1.82, 2.24) is 25.1 Å². The third kappa shape index (κ3) is 4.18. The Bertz CT molecular complexity index is 1440. The molecule has 2 aromatic carbocycles. The van der Waals surface area contributed by atoms with Gasteiger partial charge in [-0.25, -0.2) is 9.07 Å². The van der Waals surface area contributed by atoms with Crippen LogP contribution in [-0.4, -0.2) is 19.7 Å². The molecule has 7 heteroatoms. The number of H-pyrrole nitrogens is 1. The first-order valence-electron chi connectivity index (χ1n) is 10.7. The van der Waals surface area contributed by atoms with Crippen molar-refractivity contribution >= 4 is 11.0 Å². The highest BCUT2D eigenvalue weighted by Gasteiger charge is 2.17. The van der Waals surface area contributed by atoms with Crippen LogP contribution in [0.25, 0.3) is 28.0 Å². The van der Waals surface area contributed by atoms with Crippen molar-refractivity contribution in [3.8, 4) is 16.9 Å². The lowest BCUT2D eigenvalue weighted by atomic mass is 10.1. The maximum absolute atomic E-state index is 13.5. The molecule has 0 saturated carbocycles. The molecule has 0 radical (unpaired) electrons. The molecular weight excluding hydrogens is 417 g/mol. The zero-order valence-corrected chi connectivity index (χ0v) is 18.0. The number of nitrogens with zero attached hydrogens (tertiary/aromatic N) is 3. The molecule has 3 heterocycles. The average molecular weight is 439 g/mol. The Morgan fingerprint density at radius 1 is 1.03 bits per heavy atom. The van der Waals surface area contributed by atoms with E-state index in [0.29, 0.717) is 23.4 Å². The Kier molecular flexibility index (Phi) is 5.54. The molecule has 1 unspecified atom stereocenters. The summed E-state index contributed by atoms with van der Waals surface area (Å²) in [6.07, 6.45) is 1.75. The fourth-order valence-electron chi connectivity index (χ4n) is 3.82. The zero-order valence-electron chi connectivity index (χ0n) is 18.0. The molecule has 0 bridgehead atoms. The van der Waals surface area contributed by atoms with E-state index in [2.05, 4.69) is 15.3 Å². The molecule has 164 valence electrons. The molecule has 0 spiro atoms. The fourth-order valence-corrected chi connectivity index (χ4v) is 3.82. The lowest BCUT2D eigenvalue weighted by molar-refractivity contribution is 0.559. The summed E-state index contributed by atoms with van der Waals surface area (Å²) in [7, 11) is 0. The summed E-state index contributed by atoms with van der Waals surface area (Å²) >= 11 is 0. The highest BCUT2D eigenvalue weighted by atomic mass is 19.1. The highest BCUT2D eigenvalue weighted by Crippen LogP contribution is 2.29. The molecule has 3 aromatic heterocycles. The first kappa shape index (κ1) is 20.8. The van der Waals surface area contributed by atoms with Gasteiger partial charge in [-0.3, -0.25) is 9.78 Å². The largest absolute Gasteiger partial charge is 0.306 e. The van der Waals surface area contributed by atoms with Gasteiger partial charge < -0.3 is 10.3 Å². The van der Waals surface area contributed by atoms with E-state index in [1.807, 2.05) is 61.5 Å². The molecule has 0 aliphatic heterocycles. The zero-order chi connectivity index (χ0) is 22.8. The quantitative estimate of drug-likeness (QED) is 0.400. The standard InChI is InChI=1S/C26H22FN5O/c1-17(23-9-5-6-14-28-23)29-16-19-15-22-24(18-10-12-20(27)13-11-18)31-32(25(22)30-26(19)33)21-7-3-2-4-8-21/h2-15,17,29H,16H2,1H3,(H,30,33). The molecule has 2 N–H and O–H groups in total. The van der Waals surface area contributed by atoms with Gasteiger partial charge in [0, 0.05) is 35.3 Å². The lowest BCUT2D eigenvalue weighted by Gasteiger charge is -2.13. The first-order valence-corrected chi connectivity index (χ1v) is 10.7. The van der Waals surface area contributed by atoms with Crippen LogP contribution in [0.15, 0.2) is 89.9 Å². The Balaban J connectivity index is 1.58. The second-order valence-electron chi connectivity index (χ2n) is 7.85. The molecule has 1 atom stereocenters. The van der Waals surface area contributed by atoms with E-state index in [4.69, 9.17) is 5.10 Å². The number of fused-ring (bicyclic) bond motifs is 1. The summed E-state index contributed by atoms with van der Waals surface area (Å²) in [6.45, 7) is 2.37. The summed E-state index contributed by atoms with van der Waals surface area (Å²) in [5.41, 5.74) is 4.15. The van der Waals surface area contributed by atoms with Crippen molar-refractivity contribution in [3.63, 3.8) is 0 Å². The number of halogens is 1. The Morgan fingerprint density at radius 3 is 2.52 bits per heavy atom. The molecule has 0 fully saturated rings. The van der Waals surface area contributed by atoms with Crippen LogP contribution in [0.3, 0.4) is 0 Å². The molecule has 0 aliphatic rings. The SMILES string of the molecule is CC(NCc1cc2c(-c3ccc(F)cc3)nn(-c3ccccc3)c2[nH]c1=O)c1ccccn1. The van der Waals surface area contributed by atoms with E-state index in [1.54, 1.807) is 23.0 Å². The van der Waals surface area contributed by atoms with Crippen molar-refractivity contribution in [2.24, 2.45) is 0 Å². The molecule has 5 rings (SSSR count). The van der Waals surface area contributed by atoms with Crippen LogP contribution in [0.5, 0.6) is 0 Å². The van der Waals surface area contributed by atoms with Gasteiger partial charge in [-0.2, -0.15) is 5.10 Å². The predicted octanol–water partition coefficient (Wildman–Crippen LogP) is 4.77. The van der Waals surface area contributed by atoms with Crippen LogP contribution in [0.2, 0.25) is 0 Å². The number of rotatable bonds is 6. The van der Waals surface area contributed by atoms with Crippen LogP contribution in [-0.2, 0) is 6.54 Å². The van der Waals surface area contributed by atoms with Gasteiger partial charge in [0.05, 0.1) is 11.4 Å². The number of hydrogen-bond donors (Lipinski definition) is 2. The monoisotopic (exact) mass is 439 g/mol. The molecule has 5 aromatic rings. The minimum atomic E-state index is -0.313. The summed E-state index contributed by atoms with van der Waals surface area (Å²) in [5, 5.41) is 8.93. The topological polar surface area (TPSA) is 75.6 Å². The van der Waals surface area contributed by atoms with Gasteiger partial charge in [0.15, 0.2) is 0 Å². The van der Waals surface area contributed by atoms with Crippen LogP contribution >= 0.6 is 0 Å². The van der Waals surface area contributed by atoms with Crippen molar-refractivity contribution in [2.45, 2.75) is 19.5 Å². The van der Waals surface area contributed by atoms with Gasteiger partial charge in [-0.15, -0.1) is 0 Å². The van der Waals surface area contributed by atoms with Crippen molar-refractivity contribution in [2.75, 3.05) is 0 Å². The smallest absolute Gasteiger partial charge is 0.254 e. The van der Waals surface area contributed by atoms with E-state index < -0.39 is 0 Å². The van der Waals surface area contributed by atoms with Crippen LogP contribution < -0.4 is 10.9 Å². The van der Waals surface area contributed by atoms with E-state index in [-0.39, 0.29) is 17.4 Å². The van der Waals surface area contributed by atoms with Crippen molar-refractivity contribution in [1.29, 1.82) is 0 Å². The van der Waals surface area contributed by atoms with Gasteiger partial charge in [-0.05, 0) is 61.5 Å². The van der Waals surface area contributed by atoms with E-state index in [0.717, 1.165) is 22.3 Å². The van der Waals surface area contributed by atoms with Gasteiger partial charge in [0.1, 0.15) is 17.2 Å². The summed E-state index contributed by atoms with van der Waals surface area (Å²) in [5.74, 6) is -0.313. The highest BCUT2D eigenvalue weighted by molar-refractivity contribution is 5.92. The summed E-state index contributed by atoms with van der Waals surface area (Å²) in [6, 6.07) is 23.4. The Labute approximate surface area is 189 Å². The van der Waals surface area contributed by atoms with Gasteiger partial charge >= 0.3 is 0 Å². The normalized spacial score (nSPS) is 12.2. The number of benzene rings is 2. The maximum Gasteiger partial charge on any atom is 0.254 e. The number of nitrogens with one attached hydrogen (secondary N) is 2. The molecule has 33 heavy (non-hydrogen) atoms. The summed E-state index contributed by atoms with van der Waals surface area (Å²) < 4.78 is 15.2. The van der Waals surface area contributed by atoms with Crippen LogP contribution in [0.4, 0.5) is 4.39 Å². The van der Waals surface area contributed by atoms with Crippen molar-refractivity contribution in [3.05, 3.63) is 112 Å². The predicted molar refractivity (Wildman–Crippen MR) is 127 cm³/mol. The molecule has 6 nitrogen and oxygen atoms in total. The average Bonchev–Trinajstić information content (AvgIpc) is 3.22. The number of aromatic nitrogens is 4. The van der Waals surface area contributed by atoms with Gasteiger partial charge in [0.2, 0.25) is 0 Å². The molecule has 0 saturated heterocycles. The molecule has 0 amide bonds. The Morgan fingerprint density at radius 2 is 1.79 bits per heavy atom. The molecular formula is C26H22FN5O. The first-order chi connectivity index (χ1) is 16.1. The second-order valence-corrected chi connectivity index (χ2v) is 7.85. The van der Waals surface area contributed by atoms with E-state index >= 15 is 0 Å². The van der Waals surface area contributed by atoms with E-state index in [9.17, 15) is 9.18 Å². The minimum absolute atomic E-state index is 0.0232. The maximum atomic E-state index is 13.5. The Hall–Kier alpha value is -4.10. The number of aromatic amines is 1. The number of pyridine rings is 2. The van der Waals surface area contributed by atoms with Crippen LogP contribution in [0.1, 0.15) is 24.2 Å². The van der Waals surface area contributed by atoms with Crippen molar-refractivity contribution < 1.29 is 4.39 Å². The fraction of sp³-hybridized carbons (Fsp3) is 0.115. The van der Waals surface area contributed by atoms with E-state index in [1.165, 1.54) is 12.1 Å². The summed E-state index contributed by atoms with van der Waals surface area (Å²) in [4.78, 5) is 20.3. The third-order valence-electron chi connectivity index (χ3n) is 5.61. The number of para-hydroxylation sites is 1. The van der Waals surface area contributed by atoms with Gasteiger partial charge in [0.25, 0.3) is 5.56 Å². The van der Waals surface area contributed by atoms with Crippen LogP contribution in [0, 0.1) is 5.82 Å². The third-order valence-corrected chi connectivity index (χ3v) is 5.61.